The van der Waals surface area contributed by atoms with Crippen molar-refractivity contribution >= 4 is 5.91 Å². The fraction of sp³-hybridized carbons (Fsp3) is 0.357. The summed E-state index contributed by atoms with van der Waals surface area (Å²) in [6, 6.07) is 9.66. The summed E-state index contributed by atoms with van der Waals surface area (Å²) in [5.74, 6) is 0.917. The Balaban J connectivity index is 2.16. The van der Waals surface area contributed by atoms with E-state index in [4.69, 9.17) is 4.42 Å². The molecule has 1 aromatic carbocycles. The van der Waals surface area contributed by atoms with E-state index in [9.17, 15) is 4.79 Å². The van der Waals surface area contributed by atoms with Crippen molar-refractivity contribution in [2.24, 2.45) is 0 Å². The van der Waals surface area contributed by atoms with Crippen LogP contribution in [0.5, 0.6) is 0 Å². The molecule has 0 aliphatic heterocycles. The third-order valence-electron chi connectivity index (χ3n) is 2.82. The zero-order chi connectivity index (χ0) is 13.8. The van der Waals surface area contributed by atoms with Crippen molar-refractivity contribution in [2.75, 3.05) is 0 Å². The summed E-state index contributed by atoms with van der Waals surface area (Å²) < 4.78 is 5.58. The minimum atomic E-state index is -0.00513. The second kappa shape index (κ2) is 5.65. The Bertz CT molecular complexity index is 549. The first kappa shape index (κ1) is 13.3. The number of hydrogen-bond acceptors (Lipinski definition) is 4. The van der Waals surface area contributed by atoms with Crippen molar-refractivity contribution in [3.8, 4) is 11.5 Å². The molecule has 0 atom stereocenters. The molecule has 0 aliphatic carbocycles. The third kappa shape index (κ3) is 3.19. The molecule has 0 saturated heterocycles. The van der Waals surface area contributed by atoms with Gasteiger partial charge >= 0.3 is 0 Å². The lowest BCUT2D eigenvalue weighted by molar-refractivity contribution is -0.131. The number of carbonyl (C=O) groups excluding carboxylic acids is 1. The molecule has 19 heavy (non-hydrogen) atoms. The van der Waals surface area contributed by atoms with Crippen molar-refractivity contribution < 1.29 is 9.21 Å². The van der Waals surface area contributed by atoms with E-state index in [-0.39, 0.29) is 11.9 Å². The van der Waals surface area contributed by atoms with Gasteiger partial charge in [0.1, 0.15) is 0 Å². The normalized spacial score (nSPS) is 10.7. The standard InChI is InChI=1S/C14H17N3O2/c1-10(2)17(11(3)18)9-13-15-16-14(19-13)12-7-5-4-6-8-12/h4-8,10H,9H2,1-3H3. The monoisotopic (exact) mass is 259 g/mol. The van der Waals surface area contributed by atoms with Gasteiger partial charge in [-0.1, -0.05) is 18.2 Å². The molecule has 2 rings (SSSR count). The minimum absolute atomic E-state index is 0.00513. The number of nitrogens with zero attached hydrogens (tertiary/aromatic N) is 3. The molecule has 0 spiro atoms. The summed E-state index contributed by atoms with van der Waals surface area (Å²) in [5.41, 5.74) is 0.875. The maximum absolute atomic E-state index is 11.5. The van der Waals surface area contributed by atoms with Gasteiger partial charge in [-0.3, -0.25) is 4.79 Å². The van der Waals surface area contributed by atoms with Gasteiger partial charge in [0.2, 0.25) is 17.7 Å². The molecule has 2 aromatic rings. The van der Waals surface area contributed by atoms with Crippen LogP contribution in [0.25, 0.3) is 11.5 Å². The van der Waals surface area contributed by atoms with E-state index >= 15 is 0 Å². The van der Waals surface area contributed by atoms with Gasteiger partial charge in [-0.2, -0.15) is 0 Å². The number of rotatable bonds is 4. The van der Waals surface area contributed by atoms with Gasteiger partial charge in [-0.15, -0.1) is 10.2 Å². The van der Waals surface area contributed by atoms with E-state index < -0.39 is 0 Å². The predicted molar refractivity (Wildman–Crippen MR) is 71.1 cm³/mol. The summed E-state index contributed by atoms with van der Waals surface area (Å²) >= 11 is 0. The molecule has 0 N–H and O–H groups in total. The molecule has 1 aromatic heterocycles. The van der Waals surface area contributed by atoms with Gasteiger partial charge in [-0.05, 0) is 26.0 Å². The van der Waals surface area contributed by atoms with Crippen molar-refractivity contribution in [3.05, 3.63) is 36.2 Å². The lowest BCUT2D eigenvalue weighted by Crippen LogP contribution is -2.34. The van der Waals surface area contributed by atoms with Gasteiger partial charge < -0.3 is 9.32 Å². The first-order valence-electron chi connectivity index (χ1n) is 6.23. The van der Waals surface area contributed by atoms with Crippen molar-refractivity contribution in [1.29, 1.82) is 0 Å². The highest BCUT2D eigenvalue weighted by atomic mass is 16.4. The number of amides is 1. The Morgan fingerprint density at radius 3 is 2.53 bits per heavy atom. The van der Waals surface area contributed by atoms with Crippen LogP contribution >= 0.6 is 0 Å². The molecule has 0 bridgehead atoms. The maximum Gasteiger partial charge on any atom is 0.247 e. The lowest BCUT2D eigenvalue weighted by atomic mass is 10.2. The molecule has 0 radical (unpaired) electrons. The summed E-state index contributed by atoms with van der Waals surface area (Å²) in [6.07, 6.45) is 0. The molecule has 0 aliphatic rings. The van der Waals surface area contributed by atoms with Crippen LogP contribution in [0.15, 0.2) is 34.7 Å². The topological polar surface area (TPSA) is 59.2 Å². The highest BCUT2D eigenvalue weighted by Gasteiger charge is 2.17. The SMILES string of the molecule is CC(=O)N(Cc1nnc(-c2ccccc2)o1)C(C)C. The fourth-order valence-electron chi connectivity index (χ4n) is 1.82. The van der Waals surface area contributed by atoms with Crippen LogP contribution in [0.2, 0.25) is 0 Å². The van der Waals surface area contributed by atoms with Crippen LogP contribution < -0.4 is 0 Å². The highest BCUT2D eigenvalue weighted by molar-refractivity contribution is 5.73. The Morgan fingerprint density at radius 2 is 1.95 bits per heavy atom. The van der Waals surface area contributed by atoms with E-state index in [1.807, 2.05) is 44.2 Å². The maximum atomic E-state index is 11.5. The average molecular weight is 259 g/mol. The first-order valence-corrected chi connectivity index (χ1v) is 6.23. The Morgan fingerprint density at radius 1 is 1.26 bits per heavy atom. The lowest BCUT2D eigenvalue weighted by Gasteiger charge is -2.23. The smallest absolute Gasteiger partial charge is 0.247 e. The molecule has 0 unspecified atom stereocenters. The van der Waals surface area contributed by atoms with E-state index in [1.54, 1.807) is 4.90 Å². The number of hydrogen-bond donors (Lipinski definition) is 0. The van der Waals surface area contributed by atoms with Crippen molar-refractivity contribution in [2.45, 2.75) is 33.4 Å². The molecule has 1 amide bonds. The molecular weight excluding hydrogens is 242 g/mol. The Kier molecular flexibility index (Phi) is 3.94. The molecule has 100 valence electrons. The minimum Gasteiger partial charge on any atom is -0.419 e. The first-order chi connectivity index (χ1) is 9.08. The van der Waals surface area contributed by atoms with Crippen LogP contribution in [0, 0.1) is 0 Å². The Hall–Kier alpha value is -2.17. The van der Waals surface area contributed by atoms with Crippen LogP contribution in [0.3, 0.4) is 0 Å². The quantitative estimate of drug-likeness (QED) is 0.846. The van der Waals surface area contributed by atoms with Crippen LogP contribution in [0.4, 0.5) is 0 Å². The van der Waals surface area contributed by atoms with Gasteiger partial charge in [0.15, 0.2) is 0 Å². The largest absolute Gasteiger partial charge is 0.419 e. The molecule has 5 heteroatoms. The van der Waals surface area contributed by atoms with E-state index in [0.717, 1.165) is 5.56 Å². The van der Waals surface area contributed by atoms with Gasteiger partial charge in [0, 0.05) is 18.5 Å². The molecule has 1 heterocycles. The second-order valence-corrected chi connectivity index (χ2v) is 4.61. The second-order valence-electron chi connectivity index (χ2n) is 4.61. The third-order valence-corrected chi connectivity index (χ3v) is 2.82. The zero-order valence-electron chi connectivity index (χ0n) is 11.3. The Labute approximate surface area is 112 Å². The van der Waals surface area contributed by atoms with E-state index in [1.165, 1.54) is 6.92 Å². The van der Waals surface area contributed by atoms with Crippen LogP contribution in [-0.2, 0) is 11.3 Å². The molecule has 5 nitrogen and oxygen atoms in total. The van der Waals surface area contributed by atoms with Crippen molar-refractivity contribution in [1.82, 2.24) is 15.1 Å². The summed E-state index contributed by atoms with van der Waals surface area (Å²) in [5, 5.41) is 7.99. The number of aromatic nitrogens is 2. The number of benzene rings is 1. The summed E-state index contributed by atoms with van der Waals surface area (Å²) in [4.78, 5) is 13.2. The summed E-state index contributed by atoms with van der Waals surface area (Å²) in [7, 11) is 0. The number of carbonyl (C=O) groups is 1. The molecular formula is C14H17N3O2. The van der Waals surface area contributed by atoms with Crippen LogP contribution in [-0.4, -0.2) is 27.0 Å². The molecule has 0 fully saturated rings. The average Bonchev–Trinajstić information content (AvgIpc) is 2.85. The van der Waals surface area contributed by atoms with Crippen LogP contribution in [0.1, 0.15) is 26.7 Å². The van der Waals surface area contributed by atoms with Gasteiger partial charge in [-0.25, -0.2) is 0 Å². The van der Waals surface area contributed by atoms with Gasteiger partial charge in [0.05, 0.1) is 6.54 Å². The van der Waals surface area contributed by atoms with E-state index in [2.05, 4.69) is 10.2 Å². The van der Waals surface area contributed by atoms with Gasteiger partial charge in [0.25, 0.3) is 0 Å². The highest BCUT2D eigenvalue weighted by Crippen LogP contribution is 2.18. The molecule has 0 saturated carbocycles. The van der Waals surface area contributed by atoms with Crippen molar-refractivity contribution in [3.63, 3.8) is 0 Å². The fourth-order valence-corrected chi connectivity index (χ4v) is 1.82. The zero-order valence-corrected chi connectivity index (χ0v) is 11.3. The predicted octanol–water partition coefficient (Wildman–Crippen LogP) is 2.49. The summed E-state index contributed by atoms with van der Waals surface area (Å²) in [6.45, 7) is 5.78. The van der Waals surface area contributed by atoms with E-state index in [0.29, 0.717) is 18.3 Å².